The van der Waals surface area contributed by atoms with Crippen LogP contribution in [0.3, 0.4) is 0 Å². The second-order valence-electron chi connectivity index (χ2n) is 5.44. The van der Waals surface area contributed by atoms with Gasteiger partial charge in [0.15, 0.2) is 5.65 Å². The SMILES string of the molecule is C#Cc1sc(CN(CCCN)c2nc3ncccc3[nH]2)c(C)c1Br. The number of rotatable bonds is 6. The van der Waals surface area contributed by atoms with E-state index in [9.17, 15) is 0 Å². The van der Waals surface area contributed by atoms with Crippen molar-refractivity contribution in [2.45, 2.75) is 19.9 Å². The van der Waals surface area contributed by atoms with Crippen LogP contribution in [-0.4, -0.2) is 28.0 Å². The lowest BCUT2D eigenvalue weighted by atomic mass is 10.2. The molecule has 3 aromatic heterocycles. The van der Waals surface area contributed by atoms with Gasteiger partial charge in [0.1, 0.15) is 0 Å². The molecule has 0 saturated carbocycles. The van der Waals surface area contributed by atoms with E-state index in [0.717, 1.165) is 46.0 Å². The molecule has 0 amide bonds. The summed E-state index contributed by atoms with van der Waals surface area (Å²) in [5.41, 5.74) is 8.53. The van der Waals surface area contributed by atoms with Gasteiger partial charge in [0.2, 0.25) is 5.95 Å². The molecule has 3 aromatic rings. The molecule has 0 aliphatic rings. The minimum Gasteiger partial charge on any atom is -0.337 e. The van der Waals surface area contributed by atoms with Crippen LogP contribution in [0.1, 0.15) is 21.7 Å². The summed E-state index contributed by atoms with van der Waals surface area (Å²) in [5, 5.41) is 0. The highest BCUT2D eigenvalue weighted by Gasteiger charge is 2.17. The number of nitrogens with two attached hydrogens (primary N) is 1. The summed E-state index contributed by atoms with van der Waals surface area (Å²) in [4.78, 5) is 16.6. The van der Waals surface area contributed by atoms with Gasteiger partial charge in [0.25, 0.3) is 0 Å². The van der Waals surface area contributed by atoms with Crippen molar-refractivity contribution in [2.75, 3.05) is 18.0 Å². The number of hydrogen-bond donors (Lipinski definition) is 2. The maximum absolute atomic E-state index is 5.70. The van der Waals surface area contributed by atoms with Gasteiger partial charge in [-0.25, -0.2) is 4.98 Å². The first-order valence-electron chi connectivity index (χ1n) is 7.64. The molecule has 0 aliphatic heterocycles. The van der Waals surface area contributed by atoms with Crippen LogP contribution in [0.25, 0.3) is 11.2 Å². The number of aromatic nitrogens is 3. The van der Waals surface area contributed by atoms with E-state index in [1.807, 2.05) is 12.1 Å². The van der Waals surface area contributed by atoms with Gasteiger partial charge in [-0.15, -0.1) is 17.8 Å². The number of H-pyrrole nitrogens is 1. The highest BCUT2D eigenvalue weighted by atomic mass is 79.9. The molecule has 7 heteroatoms. The van der Waals surface area contributed by atoms with Crippen LogP contribution < -0.4 is 10.6 Å². The average molecular weight is 404 g/mol. The van der Waals surface area contributed by atoms with E-state index in [0.29, 0.717) is 6.54 Å². The van der Waals surface area contributed by atoms with E-state index in [1.165, 1.54) is 10.4 Å². The van der Waals surface area contributed by atoms with Crippen molar-refractivity contribution < 1.29 is 0 Å². The third-order valence-electron chi connectivity index (χ3n) is 3.81. The number of aromatic amines is 1. The molecule has 0 fully saturated rings. The van der Waals surface area contributed by atoms with Crippen LogP contribution in [-0.2, 0) is 6.54 Å². The molecule has 0 spiro atoms. The molecule has 0 unspecified atom stereocenters. The Balaban J connectivity index is 1.93. The molecule has 5 nitrogen and oxygen atoms in total. The Morgan fingerprint density at radius 3 is 3.00 bits per heavy atom. The van der Waals surface area contributed by atoms with E-state index in [1.54, 1.807) is 17.5 Å². The van der Waals surface area contributed by atoms with E-state index in [4.69, 9.17) is 12.2 Å². The molecule has 3 heterocycles. The zero-order valence-corrected chi connectivity index (χ0v) is 15.7. The number of nitrogens with zero attached hydrogens (tertiary/aromatic N) is 3. The Labute approximate surface area is 153 Å². The van der Waals surface area contributed by atoms with Crippen LogP contribution in [0.15, 0.2) is 22.8 Å². The zero-order valence-electron chi connectivity index (χ0n) is 13.3. The van der Waals surface area contributed by atoms with Crippen molar-refractivity contribution in [3.05, 3.63) is 38.1 Å². The molecule has 0 bridgehead atoms. The Hall–Kier alpha value is -1.88. The van der Waals surface area contributed by atoms with Crippen molar-refractivity contribution in [3.63, 3.8) is 0 Å². The quantitative estimate of drug-likeness (QED) is 0.618. The van der Waals surface area contributed by atoms with Crippen LogP contribution >= 0.6 is 27.3 Å². The maximum Gasteiger partial charge on any atom is 0.205 e. The Bertz CT molecular complexity index is 859. The lowest BCUT2D eigenvalue weighted by molar-refractivity contribution is 0.723. The molecular formula is C17H18BrN5S. The van der Waals surface area contributed by atoms with Gasteiger partial charge in [-0.1, -0.05) is 5.92 Å². The summed E-state index contributed by atoms with van der Waals surface area (Å²) in [6, 6.07) is 3.87. The Morgan fingerprint density at radius 2 is 2.33 bits per heavy atom. The summed E-state index contributed by atoms with van der Waals surface area (Å²) >= 11 is 5.22. The molecule has 0 saturated heterocycles. The second-order valence-corrected chi connectivity index (χ2v) is 7.33. The second kappa shape index (κ2) is 7.34. The Morgan fingerprint density at radius 1 is 1.50 bits per heavy atom. The topological polar surface area (TPSA) is 70.8 Å². The number of fused-ring (bicyclic) bond motifs is 1. The van der Waals surface area contributed by atoms with Crippen molar-refractivity contribution in [1.29, 1.82) is 0 Å². The molecule has 124 valence electrons. The normalized spacial score (nSPS) is 10.9. The van der Waals surface area contributed by atoms with Crippen molar-refractivity contribution in [3.8, 4) is 12.3 Å². The zero-order chi connectivity index (χ0) is 17.1. The van der Waals surface area contributed by atoms with Crippen molar-refractivity contribution in [1.82, 2.24) is 15.0 Å². The molecule has 0 aliphatic carbocycles. The smallest absolute Gasteiger partial charge is 0.205 e. The lowest BCUT2D eigenvalue weighted by Gasteiger charge is -2.21. The fourth-order valence-corrected chi connectivity index (χ4v) is 4.23. The largest absolute Gasteiger partial charge is 0.337 e. The number of terminal acetylenes is 1. The fourth-order valence-electron chi connectivity index (χ4n) is 2.48. The van der Waals surface area contributed by atoms with Gasteiger partial charge in [0, 0.05) is 22.1 Å². The van der Waals surface area contributed by atoms with Gasteiger partial charge in [-0.2, -0.15) is 4.98 Å². The molecule has 3 rings (SSSR count). The number of halogens is 1. The molecule has 0 aromatic carbocycles. The van der Waals surface area contributed by atoms with Crippen LogP contribution in [0.4, 0.5) is 5.95 Å². The summed E-state index contributed by atoms with van der Waals surface area (Å²) in [6.07, 6.45) is 8.21. The molecule has 3 N–H and O–H groups in total. The third-order valence-corrected chi connectivity index (χ3v) is 6.28. The number of hydrogen-bond acceptors (Lipinski definition) is 5. The monoisotopic (exact) mass is 403 g/mol. The standard InChI is InChI=1S/C17H18BrN5S/c1-3-13-15(18)11(2)14(24-13)10-23(9-5-7-19)17-21-12-6-4-8-20-16(12)22-17/h1,4,6,8H,5,7,9-10,19H2,2H3,(H,20,21,22). The molecule has 0 radical (unpaired) electrons. The molecular weight excluding hydrogens is 386 g/mol. The maximum atomic E-state index is 5.70. The predicted octanol–water partition coefficient (Wildman–Crippen LogP) is 3.43. The minimum absolute atomic E-state index is 0.637. The van der Waals surface area contributed by atoms with E-state index >= 15 is 0 Å². The number of imidazole rings is 1. The van der Waals surface area contributed by atoms with Gasteiger partial charge in [-0.3, -0.25) is 0 Å². The Kier molecular flexibility index (Phi) is 5.19. The van der Waals surface area contributed by atoms with Gasteiger partial charge in [0.05, 0.1) is 16.9 Å². The lowest BCUT2D eigenvalue weighted by Crippen LogP contribution is -2.26. The van der Waals surface area contributed by atoms with Crippen molar-refractivity contribution in [2.24, 2.45) is 5.73 Å². The van der Waals surface area contributed by atoms with Gasteiger partial charge >= 0.3 is 0 Å². The van der Waals surface area contributed by atoms with Gasteiger partial charge in [-0.05, 0) is 53.5 Å². The highest BCUT2D eigenvalue weighted by Crippen LogP contribution is 2.33. The highest BCUT2D eigenvalue weighted by molar-refractivity contribution is 9.10. The summed E-state index contributed by atoms with van der Waals surface area (Å²) in [6.45, 7) is 4.27. The number of nitrogens with one attached hydrogen (secondary N) is 1. The third kappa shape index (κ3) is 3.31. The predicted molar refractivity (Wildman–Crippen MR) is 103 cm³/mol. The summed E-state index contributed by atoms with van der Waals surface area (Å²) in [5.74, 6) is 3.54. The number of pyridine rings is 1. The average Bonchev–Trinajstić information content (AvgIpc) is 3.14. The van der Waals surface area contributed by atoms with E-state index < -0.39 is 0 Å². The van der Waals surface area contributed by atoms with Crippen LogP contribution in [0.5, 0.6) is 0 Å². The first kappa shape index (κ1) is 17.0. The number of thiophene rings is 1. The van der Waals surface area contributed by atoms with Crippen LogP contribution in [0.2, 0.25) is 0 Å². The molecule has 24 heavy (non-hydrogen) atoms. The minimum atomic E-state index is 0.637. The number of anilines is 1. The summed E-state index contributed by atoms with van der Waals surface area (Å²) < 4.78 is 1.01. The summed E-state index contributed by atoms with van der Waals surface area (Å²) in [7, 11) is 0. The van der Waals surface area contributed by atoms with E-state index in [-0.39, 0.29) is 0 Å². The molecule has 0 atom stereocenters. The van der Waals surface area contributed by atoms with Crippen molar-refractivity contribution >= 4 is 44.4 Å². The fraction of sp³-hybridized carbons (Fsp3) is 0.294. The first-order valence-corrected chi connectivity index (χ1v) is 9.25. The van der Waals surface area contributed by atoms with E-state index in [2.05, 4.69) is 48.6 Å². The first-order chi connectivity index (χ1) is 11.6. The van der Waals surface area contributed by atoms with Gasteiger partial charge < -0.3 is 15.6 Å². The van der Waals surface area contributed by atoms with Crippen LogP contribution in [0, 0.1) is 19.3 Å².